The topological polar surface area (TPSA) is 72.8 Å². The van der Waals surface area contributed by atoms with E-state index in [1.54, 1.807) is 6.92 Å². The Hall–Kier alpha value is -2.89. The number of aliphatic hydroxyl groups excluding tert-OH is 1. The highest BCUT2D eigenvalue weighted by atomic mass is 35.5. The molecule has 1 atom stereocenters. The van der Waals surface area contributed by atoms with Crippen molar-refractivity contribution in [2.24, 2.45) is 0 Å². The van der Waals surface area contributed by atoms with E-state index >= 15 is 0 Å². The van der Waals surface area contributed by atoms with Crippen LogP contribution >= 0.6 is 11.6 Å². The zero-order chi connectivity index (χ0) is 27.2. The second-order valence-corrected chi connectivity index (χ2v) is 9.79. The predicted molar refractivity (Wildman–Crippen MR) is 149 cm³/mol. The van der Waals surface area contributed by atoms with Gasteiger partial charge in [-0.2, -0.15) is 0 Å². The molecule has 6 heteroatoms. The van der Waals surface area contributed by atoms with Gasteiger partial charge in [-0.15, -0.1) is 0 Å². The summed E-state index contributed by atoms with van der Waals surface area (Å²) in [5, 5.41) is 9.68. The first kappa shape index (κ1) is 30.3. The zero-order valence-electron chi connectivity index (χ0n) is 22.1. The molecule has 0 saturated heterocycles. The summed E-state index contributed by atoms with van der Waals surface area (Å²) in [4.78, 5) is 23.8. The van der Waals surface area contributed by atoms with E-state index < -0.39 is 18.5 Å². The Kier molecular flexibility index (Phi) is 13.2. The van der Waals surface area contributed by atoms with E-state index in [0.717, 1.165) is 30.4 Å². The maximum Gasteiger partial charge on any atom is 0.335 e. The highest BCUT2D eigenvalue weighted by Crippen LogP contribution is 2.27. The van der Waals surface area contributed by atoms with Crippen LogP contribution in [-0.2, 0) is 38.3 Å². The zero-order valence-corrected chi connectivity index (χ0v) is 22.8. The van der Waals surface area contributed by atoms with Gasteiger partial charge in [0.05, 0.1) is 25.4 Å². The van der Waals surface area contributed by atoms with Gasteiger partial charge in [0.15, 0.2) is 0 Å². The molecule has 0 fully saturated rings. The van der Waals surface area contributed by atoms with Crippen molar-refractivity contribution in [2.75, 3.05) is 19.8 Å². The maximum absolute atomic E-state index is 11.9. The largest absolute Gasteiger partial charge is 0.462 e. The number of aryl methyl sites for hydroxylation is 3. The molecule has 5 nitrogen and oxygen atoms in total. The summed E-state index contributed by atoms with van der Waals surface area (Å²) >= 11 is 6.65. The first-order chi connectivity index (χ1) is 17.7. The van der Waals surface area contributed by atoms with Crippen LogP contribution in [0, 0.1) is 0 Å². The molecule has 0 aliphatic heterocycles. The Morgan fingerprint density at radius 3 is 2.22 bits per heavy atom. The monoisotopic (exact) mass is 526 g/mol. The van der Waals surface area contributed by atoms with Crippen LogP contribution in [0.15, 0.2) is 66.8 Å². The highest BCUT2D eigenvalue weighted by Gasteiger charge is 2.18. The molecule has 1 N–H and O–H groups in total. The van der Waals surface area contributed by atoms with E-state index in [1.165, 1.54) is 30.4 Å². The Labute approximate surface area is 226 Å². The van der Waals surface area contributed by atoms with Gasteiger partial charge >= 0.3 is 11.9 Å². The number of benzene rings is 2. The second kappa shape index (κ2) is 16.1. The fourth-order valence-electron chi connectivity index (χ4n) is 3.86. The average molecular weight is 527 g/mol. The van der Waals surface area contributed by atoms with E-state index in [2.05, 4.69) is 44.3 Å². The van der Waals surface area contributed by atoms with Gasteiger partial charge < -0.3 is 14.6 Å². The number of carbonyl (C=O) groups excluding carboxylic acids is 2. The molecule has 1 unspecified atom stereocenters. The molecule has 0 aliphatic rings. The third kappa shape index (κ3) is 10.6. The number of aliphatic hydroxyl groups is 1. The Bertz CT molecular complexity index is 1060. The van der Waals surface area contributed by atoms with Gasteiger partial charge in [0, 0.05) is 16.5 Å². The molecule has 2 rings (SSSR count). The van der Waals surface area contributed by atoms with Gasteiger partial charge in [-0.1, -0.05) is 80.9 Å². The molecule has 0 aromatic heterocycles. The summed E-state index contributed by atoms with van der Waals surface area (Å²) in [5.74, 6) is -1.36. The molecule has 0 amide bonds. The smallest absolute Gasteiger partial charge is 0.335 e. The van der Waals surface area contributed by atoms with Crippen LogP contribution in [-0.4, -0.2) is 36.9 Å². The fraction of sp³-hybridized carbons (Fsp3) is 0.419. The number of esters is 2. The van der Waals surface area contributed by atoms with Crippen LogP contribution < -0.4 is 0 Å². The molecular formula is C31H39ClO5. The number of halogens is 1. The average Bonchev–Trinajstić information content (AvgIpc) is 2.89. The third-order valence-electron chi connectivity index (χ3n) is 6.27. The van der Waals surface area contributed by atoms with Crippen molar-refractivity contribution >= 4 is 23.5 Å². The Morgan fingerprint density at radius 2 is 1.62 bits per heavy atom. The molecule has 0 aliphatic carbocycles. The van der Waals surface area contributed by atoms with Crippen LogP contribution in [0.5, 0.6) is 0 Å². The lowest BCUT2D eigenvalue weighted by atomic mass is 9.94. The van der Waals surface area contributed by atoms with Crippen LogP contribution in [0.4, 0.5) is 0 Å². The number of hydrogen-bond acceptors (Lipinski definition) is 5. The number of unbranched alkanes of at least 4 members (excludes halogenated alkanes) is 2. The van der Waals surface area contributed by atoms with E-state index in [0.29, 0.717) is 17.0 Å². The van der Waals surface area contributed by atoms with E-state index in [1.807, 2.05) is 18.2 Å². The van der Waals surface area contributed by atoms with Gasteiger partial charge in [0.2, 0.25) is 0 Å². The molecule has 2 aromatic carbocycles. The molecule has 0 spiro atoms. The first-order valence-corrected chi connectivity index (χ1v) is 13.3. The SMILES string of the molecule is C=C(C)C(=O)OCC(CCOC(=O)C(=C)CO)c1ccc(CCc2ccc(CCCCC)cc2)c(Cl)c1. The lowest BCUT2D eigenvalue weighted by Gasteiger charge is -2.19. The third-order valence-corrected chi connectivity index (χ3v) is 6.62. The molecule has 0 radical (unpaired) electrons. The maximum atomic E-state index is 11.9. The highest BCUT2D eigenvalue weighted by molar-refractivity contribution is 6.31. The molecule has 0 saturated carbocycles. The Morgan fingerprint density at radius 1 is 0.946 bits per heavy atom. The van der Waals surface area contributed by atoms with Crippen molar-refractivity contribution in [2.45, 2.75) is 64.7 Å². The quantitative estimate of drug-likeness (QED) is 0.153. The first-order valence-electron chi connectivity index (χ1n) is 12.9. The predicted octanol–water partition coefficient (Wildman–Crippen LogP) is 6.54. The van der Waals surface area contributed by atoms with Crippen molar-refractivity contribution in [3.8, 4) is 0 Å². The number of hydrogen-bond donors (Lipinski definition) is 1. The molecular weight excluding hydrogens is 488 g/mol. The standard InChI is InChI=1S/C31H39ClO5/c1-5-6-7-8-24-9-11-25(12-10-24)13-14-26-15-16-27(19-29(26)32)28(21-37-30(34)22(2)3)17-18-36-31(35)23(4)20-33/h9-12,15-16,19,28,33H,2,4-8,13-14,17-18,20-21H2,1,3H3. The van der Waals surface area contributed by atoms with Crippen molar-refractivity contribution < 1.29 is 24.2 Å². The van der Waals surface area contributed by atoms with Crippen molar-refractivity contribution in [1.82, 2.24) is 0 Å². The lowest BCUT2D eigenvalue weighted by molar-refractivity contribution is -0.142. The minimum Gasteiger partial charge on any atom is -0.462 e. The number of rotatable bonds is 16. The minimum atomic E-state index is -0.650. The Balaban J connectivity index is 2.02. The molecule has 200 valence electrons. The molecule has 0 bridgehead atoms. The van der Waals surface area contributed by atoms with E-state index in [-0.39, 0.29) is 24.7 Å². The summed E-state index contributed by atoms with van der Waals surface area (Å²) in [7, 11) is 0. The van der Waals surface area contributed by atoms with Crippen LogP contribution in [0.25, 0.3) is 0 Å². The lowest BCUT2D eigenvalue weighted by Crippen LogP contribution is -2.17. The van der Waals surface area contributed by atoms with Crippen LogP contribution in [0.2, 0.25) is 5.02 Å². The van der Waals surface area contributed by atoms with Crippen molar-refractivity contribution in [3.05, 3.63) is 94.0 Å². The fourth-order valence-corrected chi connectivity index (χ4v) is 4.14. The van der Waals surface area contributed by atoms with E-state index in [9.17, 15) is 9.59 Å². The molecule has 37 heavy (non-hydrogen) atoms. The van der Waals surface area contributed by atoms with Gasteiger partial charge in [0.25, 0.3) is 0 Å². The summed E-state index contributed by atoms with van der Waals surface area (Å²) in [6.07, 6.45) is 6.95. The second-order valence-electron chi connectivity index (χ2n) is 9.39. The number of carbonyl (C=O) groups is 2. The van der Waals surface area contributed by atoms with Gasteiger partial charge in [-0.25, -0.2) is 9.59 Å². The van der Waals surface area contributed by atoms with Gasteiger partial charge in [-0.3, -0.25) is 0 Å². The van der Waals surface area contributed by atoms with Gasteiger partial charge in [-0.05, 0) is 67.3 Å². The number of ether oxygens (including phenoxy) is 2. The summed E-state index contributed by atoms with van der Waals surface area (Å²) in [5.41, 5.74) is 4.88. The van der Waals surface area contributed by atoms with Crippen molar-refractivity contribution in [3.63, 3.8) is 0 Å². The minimum absolute atomic E-state index is 0.0104. The molecule has 2 aromatic rings. The van der Waals surface area contributed by atoms with Crippen LogP contribution in [0.3, 0.4) is 0 Å². The van der Waals surface area contributed by atoms with E-state index in [4.69, 9.17) is 26.2 Å². The summed E-state index contributed by atoms with van der Waals surface area (Å²) < 4.78 is 10.6. The summed E-state index contributed by atoms with van der Waals surface area (Å²) in [6.45, 7) is 10.6. The molecule has 0 heterocycles. The normalized spacial score (nSPS) is 11.6. The summed E-state index contributed by atoms with van der Waals surface area (Å²) in [6, 6.07) is 14.7. The van der Waals surface area contributed by atoms with Crippen LogP contribution in [0.1, 0.15) is 67.7 Å². The van der Waals surface area contributed by atoms with Crippen molar-refractivity contribution in [1.29, 1.82) is 0 Å². The van der Waals surface area contributed by atoms with Gasteiger partial charge in [0.1, 0.15) is 0 Å².